The molecule has 0 spiro atoms. The van der Waals surface area contributed by atoms with E-state index in [1.807, 2.05) is 14.1 Å². The maximum Gasteiger partial charge on any atom is 0.317 e. The number of aromatic nitrogens is 2. The number of imidazole rings is 1. The van der Waals surface area contributed by atoms with Crippen molar-refractivity contribution in [2.75, 3.05) is 53.3 Å². The summed E-state index contributed by atoms with van der Waals surface area (Å²) in [5, 5.41) is 18.7. The molecule has 1 aromatic heterocycles. The average Bonchev–Trinajstić information content (AvgIpc) is 3.36. The number of urea groups is 1. The molecular formula is C33H41ClF2N7O7+. The van der Waals surface area contributed by atoms with E-state index in [0.29, 0.717) is 31.8 Å². The van der Waals surface area contributed by atoms with Crippen LogP contribution in [0, 0.1) is 23.5 Å². The zero-order chi connectivity index (χ0) is 36.9. The zero-order valence-corrected chi connectivity index (χ0v) is 29.2. The van der Waals surface area contributed by atoms with E-state index in [-0.39, 0.29) is 69.3 Å². The van der Waals surface area contributed by atoms with Gasteiger partial charge in [0.2, 0.25) is 5.82 Å². The van der Waals surface area contributed by atoms with E-state index in [9.17, 15) is 28.3 Å². The minimum Gasteiger partial charge on any atom is -0.494 e. The van der Waals surface area contributed by atoms with Gasteiger partial charge in [-0.3, -0.25) is 14.4 Å². The summed E-state index contributed by atoms with van der Waals surface area (Å²) in [5.41, 5.74) is 0.611. The summed E-state index contributed by atoms with van der Waals surface area (Å²) in [5.74, 6) is -3.33. The number of likely N-dealkylation sites (N-methyl/N-ethyl adjacent to an activating group) is 1. The first kappa shape index (κ1) is 38.0. The number of methoxy groups -OCH3 is 2. The van der Waals surface area contributed by atoms with E-state index in [4.69, 9.17) is 21.1 Å². The SMILES string of the molecule is COC=O.COc1ccc(-c2cnc(C(=O)Nc3ccc(C(=O)NC4C5CN(C(=O)N[C@H](C[NH+](C)C)C(C)O)CC54)c(Cl)c3)n2C)c(F)c1F. The number of aliphatic hydroxyl groups excluding tert-OH is 1. The molecule has 14 nitrogen and oxygen atoms in total. The average molecular weight is 721 g/mol. The lowest BCUT2D eigenvalue weighted by molar-refractivity contribution is -0.859. The monoisotopic (exact) mass is 720 g/mol. The summed E-state index contributed by atoms with van der Waals surface area (Å²) >= 11 is 6.42. The molecule has 5 N–H and O–H groups in total. The van der Waals surface area contributed by atoms with E-state index in [2.05, 4.69) is 25.7 Å². The number of rotatable bonds is 11. The number of nitrogens with one attached hydrogen (secondary N) is 4. The third kappa shape index (κ3) is 8.49. The second-order valence-corrected chi connectivity index (χ2v) is 12.8. The predicted molar refractivity (Wildman–Crippen MR) is 179 cm³/mol. The Morgan fingerprint density at radius 2 is 1.78 bits per heavy atom. The lowest BCUT2D eigenvalue weighted by Gasteiger charge is -2.27. The number of fused-ring (bicyclic) bond motifs is 1. The Morgan fingerprint density at radius 1 is 1.12 bits per heavy atom. The van der Waals surface area contributed by atoms with Crippen LogP contribution in [0.3, 0.4) is 0 Å². The van der Waals surface area contributed by atoms with Crippen LogP contribution in [0.4, 0.5) is 19.3 Å². The van der Waals surface area contributed by atoms with Gasteiger partial charge in [0, 0.05) is 49.3 Å². The molecule has 1 saturated heterocycles. The van der Waals surface area contributed by atoms with Crippen molar-refractivity contribution in [2.24, 2.45) is 18.9 Å². The maximum atomic E-state index is 14.6. The molecule has 3 unspecified atom stereocenters. The standard InChI is InChI=1S/C31H36ClF2N7O5.C2H4O2/c1-15(42)22(14-39(2)3)37-31(45)41-12-19-20(13-41)27(19)38-29(43)17-7-6-16(10-21(17)32)36-30(44)28-35-11-23(40(28)4)18-8-9-24(46-5)26(34)25(18)33;1-4-2-3/h6-11,15,19-20,22,27,42H,12-14H2,1-5H3,(H,36,44)(H,37,45)(H,38,43);2H,1H3/p+1/t15?,19?,20?,22-,27?;/m1./s1. The molecule has 2 aliphatic rings. The molecule has 270 valence electrons. The fraction of sp³-hybridized carbons (Fsp3) is 0.424. The molecule has 0 bridgehead atoms. The number of ether oxygens (including phenoxy) is 2. The van der Waals surface area contributed by atoms with Gasteiger partial charge in [-0.05, 0) is 37.3 Å². The Kier molecular flexibility index (Phi) is 12.4. The van der Waals surface area contributed by atoms with Crippen molar-refractivity contribution >= 4 is 41.6 Å². The van der Waals surface area contributed by atoms with Crippen molar-refractivity contribution in [2.45, 2.75) is 25.1 Å². The molecule has 4 amide bonds. The third-order valence-corrected chi connectivity index (χ3v) is 8.91. The summed E-state index contributed by atoms with van der Waals surface area (Å²) in [6, 6.07) is 6.39. The highest BCUT2D eigenvalue weighted by molar-refractivity contribution is 6.34. The molecule has 0 radical (unpaired) electrons. The van der Waals surface area contributed by atoms with Crippen molar-refractivity contribution in [3.05, 3.63) is 64.6 Å². The zero-order valence-electron chi connectivity index (χ0n) is 28.4. The second-order valence-electron chi connectivity index (χ2n) is 12.4. The van der Waals surface area contributed by atoms with Gasteiger partial charge >= 0.3 is 6.03 Å². The molecule has 5 rings (SSSR count). The molecule has 3 aromatic rings. The van der Waals surface area contributed by atoms with Crippen LogP contribution in [0.5, 0.6) is 5.75 Å². The largest absolute Gasteiger partial charge is 0.494 e. The Balaban J connectivity index is 0.00000133. The summed E-state index contributed by atoms with van der Waals surface area (Å²) in [7, 11) is 7.94. The van der Waals surface area contributed by atoms with Gasteiger partial charge in [0.25, 0.3) is 18.3 Å². The molecule has 2 aromatic carbocycles. The first-order valence-electron chi connectivity index (χ1n) is 15.7. The fourth-order valence-electron chi connectivity index (χ4n) is 5.89. The Labute approximate surface area is 292 Å². The van der Waals surface area contributed by atoms with E-state index in [1.54, 1.807) is 11.8 Å². The van der Waals surface area contributed by atoms with Gasteiger partial charge in [-0.15, -0.1) is 0 Å². The summed E-state index contributed by atoms with van der Waals surface area (Å²) < 4.78 is 38.9. The van der Waals surface area contributed by atoms with Crippen molar-refractivity contribution in [3.63, 3.8) is 0 Å². The number of halogens is 3. The quantitative estimate of drug-likeness (QED) is 0.185. The Hall–Kier alpha value is -4.80. The van der Waals surface area contributed by atoms with Gasteiger partial charge in [-0.2, -0.15) is 4.39 Å². The molecule has 1 aliphatic carbocycles. The number of quaternary nitrogens is 1. The number of aliphatic hydroxyl groups is 1. The van der Waals surface area contributed by atoms with E-state index < -0.39 is 23.6 Å². The van der Waals surface area contributed by atoms with Crippen molar-refractivity contribution in [3.8, 4) is 17.0 Å². The van der Waals surface area contributed by atoms with Crippen LogP contribution < -0.4 is 25.6 Å². The van der Waals surface area contributed by atoms with Crippen LogP contribution in [0.15, 0.2) is 36.5 Å². The molecule has 2 fully saturated rings. The number of anilines is 1. The molecule has 50 heavy (non-hydrogen) atoms. The molecule has 1 aliphatic heterocycles. The van der Waals surface area contributed by atoms with Gasteiger partial charge in [0.15, 0.2) is 17.4 Å². The first-order chi connectivity index (χ1) is 23.7. The lowest BCUT2D eigenvalue weighted by atomic mass is 10.1. The fourth-order valence-corrected chi connectivity index (χ4v) is 6.16. The highest BCUT2D eigenvalue weighted by Crippen LogP contribution is 2.45. The third-order valence-electron chi connectivity index (χ3n) is 8.60. The van der Waals surface area contributed by atoms with Gasteiger partial charge in [-0.25, -0.2) is 14.2 Å². The van der Waals surface area contributed by atoms with Gasteiger partial charge in [0.05, 0.1) is 63.4 Å². The summed E-state index contributed by atoms with van der Waals surface area (Å²) in [6.07, 6.45) is 0.579. The number of carbonyl (C=O) groups excluding carboxylic acids is 4. The highest BCUT2D eigenvalue weighted by atomic mass is 35.5. The normalized spacial score (nSPS) is 18.6. The van der Waals surface area contributed by atoms with Crippen molar-refractivity contribution < 1.29 is 47.4 Å². The summed E-state index contributed by atoms with van der Waals surface area (Å²) in [6.45, 7) is 3.61. The lowest BCUT2D eigenvalue weighted by Crippen LogP contribution is -3.07. The number of likely N-dealkylation sites (tertiary alicyclic amines) is 1. The van der Waals surface area contributed by atoms with Crippen molar-refractivity contribution in [1.29, 1.82) is 0 Å². The van der Waals surface area contributed by atoms with Crippen LogP contribution in [0.25, 0.3) is 11.3 Å². The van der Waals surface area contributed by atoms with Crippen LogP contribution >= 0.6 is 11.6 Å². The van der Waals surface area contributed by atoms with Gasteiger partial charge < -0.3 is 44.9 Å². The number of piperidine rings is 1. The Bertz CT molecular complexity index is 1730. The smallest absolute Gasteiger partial charge is 0.317 e. The second kappa shape index (κ2) is 16.3. The highest BCUT2D eigenvalue weighted by Gasteiger charge is 2.57. The van der Waals surface area contributed by atoms with Crippen LogP contribution in [0.1, 0.15) is 27.9 Å². The van der Waals surface area contributed by atoms with Crippen molar-refractivity contribution in [1.82, 2.24) is 25.1 Å². The minimum absolute atomic E-state index is 0.0632. The van der Waals surface area contributed by atoms with Crippen LogP contribution in [0.2, 0.25) is 5.02 Å². The Morgan fingerprint density at radius 3 is 2.34 bits per heavy atom. The number of benzene rings is 2. The van der Waals surface area contributed by atoms with Gasteiger partial charge in [-0.1, -0.05) is 11.6 Å². The molecule has 2 heterocycles. The maximum absolute atomic E-state index is 14.6. The van der Waals surface area contributed by atoms with E-state index >= 15 is 0 Å². The molecular weight excluding hydrogens is 680 g/mol. The van der Waals surface area contributed by atoms with Gasteiger partial charge in [0.1, 0.15) is 6.04 Å². The minimum atomic E-state index is -1.15. The van der Waals surface area contributed by atoms with E-state index in [0.717, 1.165) is 4.90 Å². The van der Waals surface area contributed by atoms with Crippen LogP contribution in [-0.4, -0.2) is 110 Å². The number of amides is 4. The van der Waals surface area contributed by atoms with Crippen LogP contribution in [-0.2, 0) is 16.6 Å². The molecule has 17 heteroatoms. The predicted octanol–water partition coefficient (Wildman–Crippen LogP) is 1.33. The number of nitrogens with zero attached hydrogens (tertiary/aromatic N) is 3. The number of hydrogen-bond donors (Lipinski definition) is 5. The molecule has 4 atom stereocenters. The summed E-state index contributed by atoms with van der Waals surface area (Å²) in [4.78, 5) is 54.6. The van der Waals surface area contributed by atoms with E-state index in [1.165, 1.54) is 62.4 Å². The first-order valence-corrected chi connectivity index (χ1v) is 16.0. The number of hydrogen-bond acceptors (Lipinski definition) is 8. The topological polar surface area (TPSA) is 169 Å². The molecule has 1 saturated carbocycles. The number of carbonyl (C=O) groups is 4.